The second kappa shape index (κ2) is 9.15. The molecule has 2 aromatic heterocycles. The number of rotatable bonds is 7. The number of aromatic amines is 1. The number of halogens is 1. The van der Waals surface area contributed by atoms with Gasteiger partial charge in [-0.05, 0) is 48.7 Å². The smallest absolute Gasteiger partial charge is 0.280 e. The van der Waals surface area contributed by atoms with E-state index in [1.807, 2.05) is 0 Å². The van der Waals surface area contributed by atoms with Crippen LogP contribution in [0.15, 0.2) is 41.5 Å². The van der Waals surface area contributed by atoms with Gasteiger partial charge in [-0.15, -0.1) is 0 Å². The van der Waals surface area contributed by atoms with Crippen molar-refractivity contribution in [3.05, 3.63) is 69.5 Å². The maximum atomic E-state index is 14.0. The first-order valence-electron chi connectivity index (χ1n) is 9.21. The number of nitriles is 1. The lowest BCUT2D eigenvalue weighted by molar-refractivity contribution is 0.0948. The molecular formula is C21H20FN5O3. The fraction of sp³-hybridized carbons (Fsp3) is 0.238. The molecule has 0 spiro atoms. The van der Waals surface area contributed by atoms with Crippen LogP contribution in [-0.2, 0) is 4.74 Å². The average Bonchev–Trinajstić information content (AvgIpc) is 3.13. The van der Waals surface area contributed by atoms with Crippen LogP contribution in [-0.4, -0.2) is 40.9 Å². The van der Waals surface area contributed by atoms with Crippen molar-refractivity contribution in [2.24, 2.45) is 0 Å². The minimum Gasteiger partial charge on any atom is -0.385 e. The van der Waals surface area contributed by atoms with Gasteiger partial charge in [0.05, 0.1) is 16.7 Å². The molecule has 0 saturated carbocycles. The van der Waals surface area contributed by atoms with E-state index in [2.05, 4.69) is 15.4 Å². The van der Waals surface area contributed by atoms with Gasteiger partial charge in [-0.3, -0.25) is 14.7 Å². The Kier molecular flexibility index (Phi) is 6.39. The van der Waals surface area contributed by atoms with E-state index in [0.717, 1.165) is 0 Å². The van der Waals surface area contributed by atoms with Crippen molar-refractivity contribution in [1.82, 2.24) is 20.1 Å². The van der Waals surface area contributed by atoms with Crippen molar-refractivity contribution < 1.29 is 13.9 Å². The van der Waals surface area contributed by atoms with Crippen molar-refractivity contribution in [3.8, 4) is 23.0 Å². The largest absolute Gasteiger partial charge is 0.385 e. The van der Waals surface area contributed by atoms with E-state index in [-0.39, 0.29) is 22.9 Å². The van der Waals surface area contributed by atoms with Crippen LogP contribution in [0.25, 0.3) is 16.9 Å². The molecule has 3 rings (SSSR count). The molecule has 0 aliphatic carbocycles. The highest BCUT2D eigenvalue weighted by Crippen LogP contribution is 2.23. The molecule has 2 N–H and O–H groups in total. The molecule has 0 saturated heterocycles. The summed E-state index contributed by atoms with van der Waals surface area (Å²) < 4.78 is 20.2. The van der Waals surface area contributed by atoms with Crippen molar-refractivity contribution >= 4 is 5.91 Å². The van der Waals surface area contributed by atoms with Crippen LogP contribution in [0, 0.1) is 24.1 Å². The maximum Gasteiger partial charge on any atom is 0.280 e. The first kappa shape index (κ1) is 21.0. The summed E-state index contributed by atoms with van der Waals surface area (Å²) in [4.78, 5) is 29.1. The summed E-state index contributed by atoms with van der Waals surface area (Å²) in [5.74, 6) is -0.674. The van der Waals surface area contributed by atoms with Gasteiger partial charge in [-0.1, -0.05) is 0 Å². The molecule has 30 heavy (non-hydrogen) atoms. The van der Waals surface area contributed by atoms with E-state index in [9.17, 15) is 14.0 Å². The van der Waals surface area contributed by atoms with Crippen molar-refractivity contribution in [2.75, 3.05) is 20.3 Å². The van der Waals surface area contributed by atoms with Crippen LogP contribution in [0.5, 0.6) is 0 Å². The molecule has 2 heterocycles. The predicted molar refractivity (Wildman–Crippen MR) is 108 cm³/mol. The zero-order valence-corrected chi connectivity index (χ0v) is 16.5. The van der Waals surface area contributed by atoms with Crippen molar-refractivity contribution in [3.63, 3.8) is 0 Å². The minimum atomic E-state index is -0.691. The number of H-pyrrole nitrogens is 1. The summed E-state index contributed by atoms with van der Waals surface area (Å²) in [5, 5.41) is 14.5. The predicted octanol–water partition coefficient (Wildman–Crippen LogP) is 2.31. The number of ether oxygens (including phenoxy) is 1. The van der Waals surface area contributed by atoms with Gasteiger partial charge >= 0.3 is 0 Å². The van der Waals surface area contributed by atoms with E-state index in [4.69, 9.17) is 10.00 Å². The van der Waals surface area contributed by atoms with Gasteiger partial charge in [0, 0.05) is 32.7 Å². The molecule has 0 radical (unpaired) electrons. The quantitative estimate of drug-likeness (QED) is 0.582. The molecule has 0 fully saturated rings. The van der Waals surface area contributed by atoms with Gasteiger partial charge in [0.15, 0.2) is 5.82 Å². The second-order valence-electron chi connectivity index (χ2n) is 6.59. The fourth-order valence-electron chi connectivity index (χ4n) is 2.96. The third kappa shape index (κ3) is 4.29. The van der Waals surface area contributed by atoms with Crippen molar-refractivity contribution in [2.45, 2.75) is 13.3 Å². The normalized spacial score (nSPS) is 10.6. The summed E-state index contributed by atoms with van der Waals surface area (Å²) in [6.07, 6.45) is 3.53. The summed E-state index contributed by atoms with van der Waals surface area (Å²) in [6.45, 7) is 2.73. The van der Waals surface area contributed by atoms with Crippen LogP contribution in [0.1, 0.15) is 27.9 Å². The van der Waals surface area contributed by atoms with E-state index in [0.29, 0.717) is 36.3 Å². The number of amides is 1. The SMILES string of the molecule is COCCCNC(=O)c1ccc(-n2[nH]cc(-c3cc(F)c(C#N)cc3C)c2=O)nc1. The summed E-state index contributed by atoms with van der Waals surface area (Å²) in [6, 6.07) is 7.46. The lowest BCUT2D eigenvalue weighted by atomic mass is 10.0. The lowest BCUT2D eigenvalue weighted by Crippen LogP contribution is -2.25. The second-order valence-corrected chi connectivity index (χ2v) is 6.59. The zero-order chi connectivity index (χ0) is 21.7. The first-order valence-corrected chi connectivity index (χ1v) is 9.21. The fourth-order valence-corrected chi connectivity index (χ4v) is 2.96. The van der Waals surface area contributed by atoms with Gasteiger partial charge in [-0.2, -0.15) is 5.26 Å². The Hall–Kier alpha value is -3.77. The monoisotopic (exact) mass is 409 g/mol. The highest BCUT2D eigenvalue weighted by atomic mass is 19.1. The van der Waals surface area contributed by atoms with Crippen LogP contribution < -0.4 is 10.9 Å². The highest BCUT2D eigenvalue weighted by molar-refractivity contribution is 5.93. The first-order chi connectivity index (χ1) is 14.5. The molecule has 0 unspecified atom stereocenters. The Morgan fingerprint density at radius 2 is 2.17 bits per heavy atom. The number of carbonyl (C=O) groups is 1. The summed E-state index contributed by atoms with van der Waals surface area (Å²) in [7, 11) is 1.59. The molecule has 3 aromatic rings. The van der Waals surface area contributed by atoms with Gasteiger partial charge in [0.1, 0.15) is 11.9 Å². The maximum absolute atomic E-state index is 14.0. The number of carbonyl (C=O) groups excluding carboxylic acids is 1. The Bertz CT molecular complexity index is 1160. The topological polar surface area (TPSA) is 113 Å². The molecule has 0 bridgehead atoms. The van der Waals surface area contributed by atoms with E-state index in [1.54, 1.807) is 26.2 Å². The Labute approximate surface area is 171 Å². The van der Waals surface area contributed by atoms with Gasteiger partial charge in [0.25, 0.3) is 11.5 Å². The van der Waals surface area contributed by atoms with E-state index in [1.165, 1.54) is 35.3 Å². The molecule has 1 aromatic carbocycles. The number of aryl methyl sites for hydroxylation is 1. The number of hydrogen-bond acceptors (Lipinski definition) is 5. The standard InChI is InChI=1S/C21H20FN5O3/c1-13-8-15(10-23)18(22)9-16(13)17-12-26-27(21(17)29)19-5-4-14(11-25-19)20(28)24-6-3-7-30-2/h4-5,8-9,11-12,26H,3,6-7H2,1-2H3,(H,24,28). The lowest BCUT2D eigenvalue weighted by Gasteiger charge is -2.06. The highest BCUT2D eigenvalue weighted by Gasteiger charge is 2.16. The van der Waals surface area contributed by atoms with Crippen molar-refractivity contribution in [1.29, 1.82) is 5.26 Å². The Balaban J connectivity index is 1.83. The Morgan fingerprint density at radius 1 is 1.37 bits per heavy atom. The third-order valence-electron chi connectivity index (χ3n) is 4.55. The number of nitrogens with one attached hydrogen (secondary N) is 2. The molecule has 1 amide bonds. The summed E-state index contributed by atoms with van der Waals surface area (Å²) >= 11 is 0. The Morgan fingerprint density at radius 3 is 2.83 bits per heavy atom. The van der Waals surface area contributed by atoms with Gasteiger partial charge in [-0.25, -0.2) is 14.1 Å². The van der Waals surface area contributed by atoms with Gasteiger partial charge < -0.3 is 10.1 Å². The van der Waals surface area contributed by atoms with E-state index < -0.39 is 11.4 Å². The molecule has 0 atom stereocenters. The molecule has 154 valence electrons. The molecule has 8 nitrogen and oxygen atoms in total. The number of hydrogen-bond donors (Lipinski definition) is 2. The number of pyridine rings is 1. The number of methoxy groups -OCH3 is 1. The molecular weight excluding hydrogens is 389 g/mol. The minimum absolute atomic E-state index is 0.0788. The zero-order valence-electron chi connectivity index (χ0n) is 16.5. The van der Waals surface area contributed by atoms with Gasteiger partial charge in [0.2, 0.25) is 0 Å². The van der Waals surface area contributed by atoms with Crippen LogP contribution in [0.4, 0.5) is 4.39 Å². The molecule has 9 heteroatoms. The van der Waals surface area contributed by atoms with Crippen LogP contribution in [0.3, 0.4) is 0 Å². The summed E-state index contributed by atoms with van der Waals surface area (Å²) in [5.41, 5.74) is 1.10. The van der Waals surface area contributed by atoms with Crippen LogP contribution >= 0.6 is 0 Å². The molecule has 0 aliphatic rings. The number of nitrogens with zero attached hydrogens (tertiary/aromatic N) is 3. The average molecular weight is 409 g/mol. The third-order valence-corrected chi connectivity index (χ3v) is 4.55. The van der Waals surface area contributed by atoms with Crippen LogP contribution in [0.2, 0.25) is 0 Å². The molecule has 0 aliphatic heterocycles. The number of benzene rings is 1. The number of aromatic nitrogens is 3. The van der Waals surface area contributed by atoms with E-state index >= 15 is 0 Å².